The zero-order valence-corrected chi connectivity index (χ0v) is 24.7. The van der Waals surface area contributed by atoms with Crippen molar-refractivity contribution in [1.82, 2.24) is 4.98 Å². The van der Waals surface area contributed by atoms with Gasteiger partial charge in [0.15, 0.2) is 0 Å². The molecule has 2 nitrogen and oxygen atoms in total. The molecule has 0 aliphatic heterocycles. The molecule has 6 aromatic carbocycles. The van der Waals surface area contributed by atoms with E-state index in [0.29, 0.717) is 6.61 Å². The molecule has 0 saturated heterocycles. The van der Waals surface area contributed by atoms with Crippen LogP contribution in [0.25, 0.3) is 55.1 Å². The predicted octanol–water partition coefficient (Wildman–Crippen LogP) is 10.8. The number of aromatic nitrogens is 1. The van der Waals surface area contributed by atoms with E-state index in [0.717, 1.165) is 28.0 Å². The van der Waals surface area contributed by atoms with Crippen molar-refractivity contribution in [2.75, 3.05) is 0 Å². The van der Waals surface area contributed by atoms with E-state index in [-0.39, 0.29) is 5.41 Å². The van der Waals surface area contributed by atoms with Crippen LogP contribution in [-0.4, -0.2) is 4.98 Å². The topological polar surface area (TPSA) is 25.0 Å². The van der Waals surface area contributed by atoms with Gasteiger partial charge in [-0.15, -0.1) is 0 Å². The SMILES string of the molecule is Cc1ccc(-c2ccc(-c3ccc4c(c3)C(C)(C)c3ccccc3-4)c3ccccc23)cc1OCc1ccc2[nH]ccc2c1. The van der Waals surface area contributed by atoms with Gasteiger partial charge in [-0.05, 0) is 109 Å². The number of hydrogen-bond donors (Lipinski definition) is 1. The summed E-state index contributed by atoms with van der Waals surface area (Å²) in [5, 5.41) is 3.71. The summed E-state index contributed by atoms with van der Waals surface area (Å²) in [6, 6.07) is 44.3. The summed E-state index contributed by atoms with van der Waals surface area (Å²) in [4.78, 5) is 3.26. The van der Waals surface area contributed by atoms with Crippen molar-refractivity contribution >= 4 is 21.7 Å². The maximum Gasteiger partial charge on any atom is 0.123 e. The lowest BCUT2D eigenvalue weighted by molar-refractivity contribution is 0.304. The third-order valence-electron chi connectivity index (χ3n) is 9.33. The number of benzene rings is 6. The van der Waals surface area contributed by atoms with Crippen LogP contribution in [-0.2, 0) is 12.0 Å². The van der Waals surface area contributed by atoms with E-state index in [9.17, 15) is 0 Å². The third kappa shape index (κ3) is 4.17. The van der Waals surface area contributed by atoms with Gasteiger partial charge in [0.25, 0.3) is 0 Å². The Kier molecular flexibility index (Phi) is 5.80. The lowest BCUT2D eigenvalue weighted by atomic mass is 9.81. The fourth-order valence-electron chi connectivity index (χ4n) is 6.95. The Labute approximate surface area is 252 Å². The minimum absolute atomic E-state index is 0.0244. The first kappa shape index (κ1) is 25.6. The van der Waals surface area contributed by atoms with Crippen molar-refractivity contribution < 1.29 is 4.74 Å². The van der Waals surface area contributed by atoms with Gasteiger partial charge in [-0.3, -0.25) is 0 Å². The molecular weight excluding hydrogens is 522 g/mol. The number of aryl methyl sites for hydroxylation is 1. The Morgan fingerprint density at radius 3 is 2.09 bits per heavy atom. The summed E-state index contributed by atoms with van der Waals surface area (Å²) in [5.74, 6) is 0.917. The van der Waals surface area contributed by atoms with E-state index in [1.807, 2.05) is 6.20 Å². The number of ether oxygens (including phenoxy) is 1. The highest BCUT2D eigenvalue weighted by atomic mass is 16.5. The molecule has 0 unspecified atom stereocenters. The van der Waals surface area contributed by atoms with Crippen LogP contribution >= 0.6 is 0 Å². The molecule has 0 amide bonds. The number of rotatable bonds is 5. The van der Waals surface area contributed by atoms with E-state index in [1.54, 1.807) is 0 Å². The third-order valence-corrected chi connectivity index (χ3v) is 9.33. The molecule has 1 aliphatic carbocycles. The monoisotopic (exact) mass is 555 g/mol. The average Bonchev–Trinajstić information content (AvgIpc) is 3.60. The maximum atomic E-state index is 6.39. The molecule has 1 aromatic heterocycles. The van der Waals surface area contributed by atoms with Crippen LogP contribution in [0.4, 0.5) is 0 Å². The second-order valence-electron chi connectivity index (χ2n) is 12.3. The van der Waals surface area contributed by atoms with Gasteiger partial charge >= 0.3 is 0 Å². The van der Waals surface area contributed by atoms with Gasteiger partial charge in [-0.2, -0.15) is 0 Å². The quantitative estimate of drug-likeness (QED) is 0.224. The van der Waals surface area contributed by atoms with Crippen LogP contribution in [0.2, 0.25) is 0 Å². The van der Waals surface area contributed by atoms with Crippen LogP contribution in [0.1, 0.15) is 36.1 Å². The molecule has 0 spiro atoms. The van der Waals surface area contributed by atoms with Crippen molar-refractivity contribution in [3.8, 4) is 39.1 Å². The lowest BCUT2D eigenvalue weighted by Crippen LogP contribution is -2.14. The highest BCUT2D eigenvalue weighted by Crippen LogP contribution is 2.50. The van der Waals surface area contributed by atoms with E-state index in [1.165, 1.54) is 55.1 Å². The zero-order chi connectivity index (χ0) is 29.1. The van der Waals surface area contributed by atoms with Crippen molar-refractivity contribution in [1.29, 1.82) is 0 Å². The Bertz CT molecular complexity index is 2180. The first-order valence-corrected chi connectivity index (χ1v) is 15.0. The summed E-state index contributed by atoms with van der Waals surface area (Å²) in [5.41, 5.74) is 13.8. The van der Waals surface area contributed by atoms with Crippen LogP contribution in [0.5, 0.6) is 5.75 Å². The minimum Gasteiger partial charge on any atom is -0.489 e. The van der Waals surface area contributed by atoms with Gasteiger partial charge < -0.3 is 9.72 Å². The zero-order valence-electron chi connectivity index (χ0n) is 24.7. The number of hydrogen-bond acceptors (Lipinski definition) is 1. The minimum atomic E-state index is -0.0244. The molecule has 1 heterocycles. The lowest BCUT2D eigenvalue weighted by Gasteiger charge is -2.22. The molecule has 0 fully saturated rings. The number of nitrogens with one attached hydrogen (secondary N) is 1. The highest BCUT2D eigenvalue weighted by Gasteiger charge is 2.35. The Morgan fingerprint density at radius 1 is 0.605 bits per heavy atom. The predicted molar refractivity (Wildman–Crippen MR) is 180 cm³/mol. The Morgan fingerprint density at radius 2 is 1.28 bits per heavy atom. The summed E-state index contributed by atoms with van der Waals surface area (Å²) in [6.07, 6.45) is 1.97. The van der Waals surface area contributed by atoms with Gasteiger partial charge in [0.2, 0.25) is 0 Å². The van der Waals surface area contributed by atoms with Crippen LogP contribution in [0, 0.1) is 6.92 Å². The molecule has 0 bridgehead atoms. The van der Waals surface area contributed by atoms with Gasteiger partial charge in [-0.1, -0.05) is 105 Å². The van der Waals surface area contributed by atoms with Crippen LogP contribution in [0.15, 0.2) is 128 Å². The Balaban J connectivity index is 1.16. The van der Waals surface area contributed by atoms with Gasteiger partial charge in [0.1, 0.15) is 12.4 Å². The molecule has 0 radical (unpaired) electrons. The smallest absolute Gasteiger partial charge is 0.123 e. The summed E-state index contributed by atoms with van der Waals surface area (Å²) < 4.78 is 6.39. The molecule has 7 aromatic rings. The highest BCUT2D eigenvalue weighted by molar-refractivity contribution is 6.05. The van der Waals surface area contributed by atoms with Crippen molar-refractivity contribution in [3.63, 3.8) is 0 Å². The molecule has 8 rings (SSSR count). The largest absolute Gasteiger partial charge is 0.489 e. The fourth-order valence-corrected chi connectivity index (χ4v) is 6.95. The van der Waals surface area contributed by atoms with E-state index >= 15 is 0 Å². The molecule has 0 atom stereocenters. The van der Waals surface area contributed by atoms with E-state index in [4.69, 9.17) is 4.74 Å². The fraction of sp³-hybridized carbons (Fsp3) is 0.122. The molecule has 208 valence electrons. The summed E-state index contributed by atoms with van der Waals surface area (Å²) in [7, 11) is 0. The van der Waals surface area contributed by atoms with Crippen LogP contribution < -0.4 is 4.74 Å². The molecule has 1 aliphatic rings. The average molecular weight is 556 g/mol. The molecule has 43 heavy (non-hydrogen) atoms. The van der Waals surface area contributed by atoms with Crippen molar-refractivity contribution in [3.05, 3.63) is 150 Å². The molecular formula is C41H33NO. The number of H-pyrrole nitrogens is 1. The number of fused-ring (bicyclic) bond motifs is 5. The van der Waals surface area contributed by atoms with Crippen molar-refractivity contribution in [2.45, 2.75) is 32.8 Å². The Hall–Kier alpha value is -5.08. The van der Waals surface area contributed by atoms with Gasteiger partial charge in [-0.25, -0.2) is 0 Å². The summed E-state index contributed by atoms with van der Waals surface area (Å²) in [6.45, 7) is 7.34. The second-order valence-corrected chi connectivity index (χ2v) is 12.3. The second kappa shape index (κ2) is 9.74. The standard InChI is InChI=1S/C41H33NO/c1-26-12-14-29(24-40(26)43-25-27-13-19-39-30(22-27)20-21-42-39)32-18-17-31(33-8-4-5-9-34(32)33)28-15-16-36-35-10-6-7-11-37(35)41(2,3)38(36)23-28/h4-24,42H,25H2,1-3H3. The van der Waals surface area contributed by atoms with Gasteiger partial charge in [0.05, 0.1) is 0 Å². The van der Waals surface area contributed by atoms with Gasteiger partial charge in [0, 0.05) is 17.1 Å². The summed E-state index contributed by atoms with van der Waals surface area (Å²) >= 11 is 0. The van der Waals surface area contributed by atoms with E-state index in [2.05, 4.69) is 147 Å². The molecule has 0 saturated carbocycles. The maximum absolute atomic E-state index is 6.39. The first-order chi connectivity index (χ1) is 21.0. The molecule has 1 N–H and O–H groups in total. The van der Waals surface area contributed by atoms with Crippen molar-refractivity contribution in [2.24, 2.45) is 0 Å². The van der Waals surface area contributed by atoms with E-state index < -0.39 is 0 Å². The van der Waals surface area contributed by atoms with Crippen LogP contribution in [0.3, 0.4) is 0 Å². The molecule has 2 heteroatoms. The first-order valence-electron chi connectivity index (χ1n) is 15.0. The normalized spacial score (nSPS) is 13.3. The number of aromatic amines is 1.